The molecule has 4 rings (SSSR count). The maximum atomic E-state index is 13.4. The van der Waals surface area contributed by atoms with Crippen LogP contribution in [-0.4, -0.2) is 35.5 Å². The van der Waals surface area contributed by atoms with E-state index < -0.39 is 6.10 Å². The van der Waals surface area contributed by atoms with Gasteiger partial charge in [-0.15, -0.1) is 0 Å². The van der Waals surface area contributed by atoms with Crippen LogP contribution in [-0.2, 0) is 4.74 Å². The molecule has 5 nitrogen and oxygen atoms in total. The molecule has 1 aliphatic carbocycles. The van der Waals surface area contributed by atoms with Crippen molar-refractivity contribution in [3.05, 3.63) is 65.9 Å². The second-order valence-electron chi connectivity index (χ2n) is 10.7. The molecule has 1 aliphatic heterocycles. The van der Waals surface area contributed by atoms with E-state index in [1.54, 1.807) is 19.1 Å². The van der Waals surface area contributed by atoms with Gasteiger partial charge in [0.25, 0.3) is 11.8 Å². The zero-order valence-corrected chi connectivity index (χ0v) is 21.6. The minimum Gasteiger partial charge on any atom is -0.489 e. The number of ether oxygens (including phenoxy) is 2. The second kappa shape index (κ2) is 9.88. The minimum atomic E-state index is -0.406. The van der Waals surface area contributed by atoms with Gasteiger partial charge in [0, 0.05) is 21.9 Å². The van der Waals surface area contributed by atoms with Crippen LogP contribution in [0.3, 0.4) is 0 Å². The van der Waals surface area contributed by atoms with Gasteiger partial charge in [0.1, 0.15) is 23.7 Å². The van der Waals surface area contributed by atoms with Crippen molar-refractivity contribution in [2.45, 2.75) is 66.1 Å². The number of rotatable bonds is 8. The molecule has 186 valence electrons. The van der Waals surface area contributed by atoms with Gasteiger partial charge in [-0.2, -0.15) is 0 Å². The largest absolute Gasteiger partial charge is 0.489 e. The van der Waals surface area contributed by atoms with Crippen LogP contribution in [0.4, 0.5) is 0 Å². The van der Waals surface area contributed by atoms with Crippen molar-refractivity contribution in [2.24, 2.45) is 17.8 Å². The molecule has 2 aliphatic rings. The third kappa shape index (κ3) is 4.86. The SMILES string of the molecule is C=C(C)C(=C)OC(C)CN1C(=O)c2cccc3c(OC4CC(C)CCC4C(C)C)ccc(c23)C1=O. The summed E-state index contributed by atoms with van der Waals surface area (Å²) in [4.78, 5) is 28.1. The summed E-state index contributed by atoms with van der Waals surface area (Å²) in [5.74, 6) is 2.23. The number of carbonyl (C=O) groups is 2. The molecule has 2 aromatic rings. The highest BCUT2D eigenvalue weighted by molar-refractivity contribution is 6.26. The molecule has 0 spiro atoms. The third-order valence-electron chi connectivity index (χ3n) is 7.45. The van der Waals surface area contributed by atoms with Crippen molar-refractivity contribution < 1.29 is 19.1 Å². The first kappa shape index (κ1) is 25.0. The van der Waals surface area contributed by atoms with Crippen LogP contribution < -0.4 is 4.74 Å². The summed E-state index contributed by atoms with van der Waals surface area (Å²) in [6.45, 7) is 18.2. The molecule has 0 N–H and O–H groups in total. The molecule has 5 heteroatoms. The van der Waals surface area contributed by atoms with E-state index in [-0.39, 0.29) is 24.5 Å². The van der Waals surface area contributed by atoms with Crippen molar-refractivity contribution >= 4 is 22.6 Å². The maximum absolute atomic E-state index is 13.4. The van der Waals surface area contributed by atoms with Crippen LogP contribution in [0, 0.1) is 17.8 Å². The van der Waals surface area contributed by atoms with Crippen LogP contribution in [0.25, 0.3) is 10.8 Å². The first-order valence-electron chi connectivity index (χ1n) is 12.7. The second-order valence-corrected chi connectivity index (χ2v) is 10.7. The quantitative estimate of drug-likeness (QED) is 0.240. The van der Waals surface area contributed by atoms with Gasteiger partial charge < -0.3 is 9.47 Å². The summed E-state index contributed by atoms with van der Waals surface area (Å²) in [6.07, 6.45) is 3.13. The Kier molecular flexibility index (Phi) is 7.07. The van der Waals surface area contributed by atoms with E-state index in [4.69, 9.17) is 9.47 Å². The number of benzene rings is 2. The zero-order chi connectivity index (χ0) is 25.4. The average molecular weight is 476 g/mol. The van der Waals surface area contributed by atoms with Crippen LogP contribution in [0.1, 0.15) is 74.6 Å². The summed E-state index contributed by atoms with van der Waals surface area (Å²) in [6, 6.07) is 9.31. The number of carbonyl (C=O) groups excluding carboxylic acids is 2. The molecule has 0 radical (unpaired) electrons. The highest BCUT2D eigenvalue weighted by Gasteiger charge is 2.36. The average Bonchev–Trinajstić information content (AvgIpc) is 2.80. The molecule has 0 saturated heterocycles. The Labute approximate surface area is 208 Å². The molecular formula is C30H37NO4. The van der Waals surface area contributed by atoms with Crippen LogP contribution in [0.15, 0.2) is 54.8 Å². The fourth-order valence-corrected chi connectivity index (χ4v) is 5.44. The third-order valence-corrected chi connectivity index (χ3v) is 7.45. The van der Waals surface area contributed by atoms with Crippen molar-refractivity contribution in [1.82, 2.24) is 4.90 Å². The summed E-state index contributed by atoms with van der Waals surface area (Å²) in [5, 5.41) is 1.50. The van der Waals surface area contributed by atoms with Gasteiger partial charge >= 0.3 is 0 Å². The summed E-state index contributed by atoms with van der Waals surface area (Å²) in [7, 11) is 0. The molecule has 1 saturated carbocycles. The Balaban J connectivity index is 1.65. The van der Waals surface area contributed by atoms with Gasteiger partial charge in [-0.1, -0.05) is 52.5 Å². The predicted octanol–water partition coefficient (Wildman–Crippen LogP) is 6.77. The Hall–Kier alpha value is -3.08. The van der Waals surface area contributed by atoms with Crippen molar-refractivity contribution in [3.63, 3.8) is 0 Å². The molecule has 1 fully saturated rings. The highest BCUT2D eigenvalue weighted by atomic mass is 16.5. The predicted molar refractivity (Wildman–Crippen MR) is 140 cm³/mol. The van der Waals surface area contributed by atoms with Gasteiger partial charge in [-0.25, -0.2) is 0 Å². The highest BCUT2D eigenvalue weighted by Crippen LogP contribution is 2.40. The van der Waals surface area contributed by atoms with Crippen molar-refractivity contribution in [2.75, 3.05) is 6.54 Å². The van der Waals surface area contributed by atoms with E-state index in [2.05, 4.69) is 33.9 Å². The molecule has 0 aromatic heterocycles. The summed E-state index contributed by atoms with van der Waals surface area (Å²) < 4.78 is 12.4. The van der Waals surface area contributed by atoms with E-state index in [1.807, 2.05) is 25.1 Å². The lowest BCUT2D eigenvalue weighted by atomic mass is 9.75. The Bertz CT molecular complexity index is 1160. The molecule has 35 heavy (non-hydrogen) atoms. The summed E-state index contributed by atoms with van der Waals surface area (Å²) in [5.41, 5.74) is 1.75. The van der Waals surface area contributed by atoms with Gasteiger partial charge in [0.05, 0.1) is 6.54 Å². The van der Waals surface area contributed by atoms with Crippen LogP contribution >= 0.6 is 0 Å². The van der Waals surface area contributed by atoms with Gasteiger partial charge in [-0.05, 0) is 68.2 Å². The standard InChI is InChI=1S/C30H37NO4/c1-17(2)21(7)34-20(6)16-31-29(32)24-10-8-9-23-26(14-13-25(28(23)24)30(31)33)35-27-15-19(5)11-12-22(27)18(3)4/h8-10,13-14,18-20,22,27H,1,7,11-12,15-16H2,2-6H3. The van der Waals surface area contributed by atoms with Crippen molar-refractivity contribution in [1.29, 1.82) is 0 Å². The minimum absolute atomic E-state index is 0.127. The molecular weight excluding hydrogens is 438 g/mol. The number of amides is 2. The number of allylic oxidation sites excluding steroid dienone is 1. The molecule has 2 amide bonds. The van der Waals surface area contributed by atoms with E-state index in [0.717, 1.165) is 24.0 Å². The lowest BCUT2D eigenvalue weighted by molar-refractivity contribution is 0.0468. The molecule has 4 unspecified atom stereocenters. The smallest absolute Gasteiger partial charge is 0.261 e. The lowest BCUT2D eigenvalue weighted by Gasteiger charge is -2.37. The van der Waals surface area contributed by atoms with Gasteiger partial charge in [-0.3, -0.25) is 14.5 Å². The fraction of sp³-hybridized carbons (Fsp3) is 0.467. The van der Waals surface area contributed by atoms with E-state index in [0.29, 0.717) is 45.6 Å². The van der Waals surface area contributed by atoms with E-state index in [9.17, 15) is 9.59 Å². The summed E-state index contributed by atoms with van der Waals surface area (Å²) >= 11 is 0. The number of imide groups is 1. The van der Waals surface area contributed by atoms with Gasteiger partial charge in [0.15, 0.2) is 0 Å². The van der Waals surface area contributed by atoms with Gasteiger partial charge in [0.2, 0.25) is 0 Å². The Morgan fingerprint density at radius 2 is 1.74 bits per heavy atom. The molecule has 0 bridgehead atoms. The fourth-order valence-electron chi connectivity index (χ4n) is 5.44. The Morgan fingerprint density at radius 3 is 2.40 bits per heavy atom. The number of hydrogen-bond acceptors (Lipinski definition) is 4. The molecule has 2 aromatic carbocycles. The first-order chi connectivity index (χ1) is 16.6. The number of nitrogens with zero attached hydrogens (tertiary/aromatic N) is 1. The zero-order valence-electron chi connectivity index (χ0n) is 21.6. The topological polar surface area (TPSA) is 55.8 Å². The maximum Gasteiger partial charge on any atom is 0.261 e. The van der Waals surface area contributed by atoms with Crippen molar-refractivity contribution in [3.8, 4) is 5.75 Å². The first-order valence-corrected chi connectivity index (χ1v) is 12.7. The van der Waals surface area contributed by atoms with Crippen LogP contribution in [0.5, 0.6) is 5.75 Å². The molecule has 1 heterocycles. The van der Waals surface area contributed by atoms with E-state index in [1.165, 1.54) is 11.3 Å². The number of hydrogen-bond donors (Lipinski definition) is 0. The van der Waals surface area contributed by atoms with E-state index >= 15 is 0 Å². The van der Waals surface area contributed by atoms with Crippen LogP contribution in [0.2, 0.25) is 0 Å². The normalized spacial score (nSPS) is 22.9. The molecule has 4 atom stereocenters. The Morgan fingerprint density at radius 1 is 1.06 bits per heavy atom. The lowest BCUT2D eigenvalue weighted by Crippen LogP contribution is -2.44. The monoisotopic (exact) mass is 475 g/mol.